The summed E-state index contributed by atoms with van der Waals surface area (Å²) >= 11 is 3.28. The van der Waals surface area contributed by atoms with Crippen LogP contribution >= 0.6 is 15.9 Å². The van der Waals surface area contributed by atoms with Crippen molar-refractivity contribution in [2.24, 2.45) is 0 Å². The Morgan fingerprint density at radius 2 is 1.89 bits per heavy atom. The Hall–Kier alpha value is -1.33. The molecule has 0 bridgehead atoms. The van der Waals surface area contributed by atoms with E-state index < -0.39 is 16.6 Å². The summed E-state index contributed by atoms with van der Waals surface area (Å²) in [7, 11) is -1.43. The molecule has 0 spiro atoms. The van der Waals surface area contributed by atoms with Crippen LogP contribution in [-0.4, -0.2) is 15.7 Å². The van der Waals surface area contributed by atoms with Gasteiger partial charge in [-0.1, -0.05) is 34.1 Å². The van der Waals surface area contributed by atoms with Crippen molar-refractivity contribution < 1.29 is 13.4 Å². The Morgan fingerprint density at radius 3 is 2.58 bits per heavy atom. The fourth-order valence-corrected chi connectivity index (χ4v) is 3.17. The van der Waals surface area contributed by atoms with Crippen molar-refractivity contribution >= 4 is 32.5 Å². The second-order valence-electron chi connectivity index (χ2n) is 3.88. The zero-order valence-electron chi connectivity index (χ0n) is 9.81. The van der Waals surface area contributed by atoms with Crippen LogP contribution < -0.4 is 0 Å². The molecule has 98 valence electrons. The standard InChI is InChI=1S/C14H10BrFO2S/c15-11-4-2-6-13(8-11)19(18)9-14(17)10-3-1-5-12(16)7-10/h1-8H,9H2. The van der Waals surface area contributed by atoms with Crippen molar-refractivity contribution in [3.8, 4) is 0 Å². The highest BCUT2D eigenvalue weighted by Gasteiger charge is 2.13. The van der Waals surface area contributed by atoms with Gasteiger partial charge in [0.1, 0.15) is 5.82 Å². The molecule has 0 amide bonds. The molecule has 1 unspecified atom stereocenters. The van der Waals surface area contributed by atoms with Gasteiger partial charge in [-0.3, -0.25) is 9.00 Å². The lowest BCUT2D eigenvalue weighted by Crippen LogP contribution is -2.11. The van der Waals surface area contributed by atoms with E-state index in [9.17, 15) is 13.4 Å². The van der Waals surface area contributed by atoms with E-state index >= 15 is 0 Å². The lowest BCUT2D eigenvalue weighted by molar-refractivity contribution is 0.102. The molecule has 1 atom stereocenters. The second-order valence-corrected chi connectivity index (χ2v) is 6.25. The number of halogens is 2. The first kappa shape index (κ1) is 14.1. The SMILES string of the molecule is O=C(CS(=O)c1cccc(Br)c1)c1cccc(F)c1. The van der Waals surface area contributed by atoms with Gasteiger partial charge in [0, 0.05) is 14.9 Å². The molecular formula is C14H10BrFO2S. The molecule has 0 saturated heterocycles. The average Bonchev–Trinajstić information content (AvgIpc) is 2.38. The Morgan fingerprint density at radius 1 is 1.16 bits per heavy atom. The molecule has 0 aromatic heterocycles. The quantitative estimate of drug-likeness (QED) is 0.797. The van der Waals surface area contributed by atoms with E-state index in [-0.39, 0.29) is 17.1 Å². The van der Waals surface area contributed by atoms with E-state index in [0.29, 0.717) is 4.90 Å². The van der Waals surface area contributed by atoms with Gasteiger partial charge >= 0.3 is 0 Å². The Bertz CT molecular complexity index is 587. The fourth-order valence-electron chi connectivity index (χ4n) is 1.56. The molecule has 0 N–H and O–H groups in total. The lowest BCUT2D eigenvalue weighted by Gasteiger charge is -2.03. The number of carbonyl (C=O) groups is 1. The van der Waals surface area contributed by atoms with Gasteiger partial charge in [0.05, 0.1) is 16.6 Å². The van der Waals surface area contributed by atoms with Crippen molar-refractivity contribution in [3.63, 3.8) is 0 Å². The second kappa shape index (κ2) is 6.21. The maximum atomic E-state index is 13.0. The fraction of sp³-hybridized carbons (Fsp3) is 0.0714. The Balaban J connectivity index is 2.13. The van der Waals surface area contributed by atoms with Crippen molar-refractivity contribution in [1.29, 1.82) is 0 Å². The highest BCUT2D eigenvalue weighted by Crippen LogP contribution is 2.16. The zero-order valence-corrected chi connectivity index (χ0v) is 12.2. The summed E-state index contributed by atoms with van der Waals surface area (Å²) < 4.78 is 25.9. The van der Waals surface area contributed by atoms with Gasteiger partial charge in [-0.2, -0.15) is 0 Å². The summed E-state index contributed by atoms with van der Waals surface area (Å²) in [6.07, 6.45) is 0. The predicted molar refractivity (Wildman–Crippen MR) is 76.1 cm³/mol. The van der Waals surface area contributed by atoms with Gasteiger partial charge in [-0.15, -0.1) is 0 Å². The van der Waals surface area contributed by atoms with Gasteiger partial charge in [0.2, 0.25) is 0 Å². The molecule has 0 aliphatic carbocycles. The summed E-state index contributed by atoms with van der Waals surface area (Å²) in [5.41, 5.74) is 0.239. The highest BCUT2D eigenvalue weighted by molar-refractivity contribution is 9.10. The third-order valence-corrected chi connectivity index (χ3v) is 4.27. The number of Topliss-reactive ketones (excluding diaryl/α,β-unsaturated/α-hetero) is 1. The lowest BCUT2D eigenvalue weighted by atomic mass is 10.1. The molecule has 0 aliphatic heterocycles. The molecule has 19 heavy (non-hydrogen) atoms. The first-order valence-corrected chi connectivity index (χ1v) is 7.60. The summed E-state index contributed by atoms with van der Waals surface area (Å²) in [5, 5.41) is 0. The van der Waals surface area contributed by atoms with Gasteiger partial charge in [-0.25, -0.2) is 4.39 Å². The largest absolute Gasteiger partial charge is 0.293 e. The Kier molecular flexibility index (Phi) is 4.61. The maximum Gasteiger partial charge on any atom is 0.175 e. The summed E-state index contributed by atoms with van der Waals surface area (Å²) in [4.78, 5) is 12.5. The van der Waals surface area contributed by atoms with E-state index in [2.05, 4.69) is 15.9 Å². The number of benzene rings is 2. The summed E-state index contributed by atoms with van der Waals surface area (Å²) in [5.74, 6) is -0.961. The maximum absolute atomic E-state index is 13.0. The molecule has 0 aliphatic rings. The molecule has 2 aromatic carbocycles. The van der Waals surface area contributed by atoms with Crippen LogP contribution in [-0.2, 0) is 10.8 Å². The number of rotatable bonds is 4. The Labute approximate surface area is 121 Å². The topological polar surface area (TPSA) is 34.1 Å². The van der Waals surface area contributed by atoms with Crippen LogP contribution in [0.3, 0.4) is 0 Å². The van der Waals surface area contributed by atoms with Gasteiger partial charge in [0.15, 0.2) is 5.78 Å². The third kappa shape index (κ3) is 3.81. The van der Waals surface area contributed by atoms with E-state index in [1.54, 1.807) is 18.2 Å². The van der Waals surface area contributed by atoms with Crippen molar-refractivity contribution in [2.45, 2.75) is 4.90 Å². The van der Waals surface area contributed by atoms with Gasteiger partial charge in [-0.05, 0) is 30.3 Å². The van der Waals surface area contributed by atoms with E-state index in [4.69, 9.17) is 0 Å². The van der Waals surface area contributed by atoms with Crippen LogP contribution in [0.1, 0.15) is 10.4 Å². The van der Waals surface area contributed by atoms with Crippen LogP contribution in [0.15, 0.2) is 57.9 Å². The first-order chi connectivity index (χ1) is 9.06. The van der Waals surface area contributed by atoms with Crippen LogP contribution in [0.2, 0.25) is 0 Å². The van der Waals surface area contributed by atoms with E-state index in [1.807, 2.05) is 6.07 Å². The predicted octanol–water partition coefficient (Wildman–Crippen LogP) is 3.58. The van der Waals surface area contributed by atoms with Gasteiger partial charge in [0.25, 0.3) is 0 Å². The smallest absolute Gasteiger partial charge is 0.175 e. The van der Waals surface area contributed by atoms with Gasteiger partial charge < -0.3 is 0 Å². The molecule has 2 aromatic rings. The number of ketones is 1. The van der Waals surface area contributed by atoms with E-state index in [0.717, 1.165) is 10.5 Å². The molecule has 2 rings (SSSR count). The number of hydrogen-bond acceptors (Lipinski definition) is 2. The van der Waals surface area contributed by atoms with E-state index in [1.165, 1.54) is 18.2 Å². The molecule has 5 heteroatoms. The van der Waals surface area contributed by atoms with Crippen LogP contribution in [0.4, 0.5) is 4.39 Å². The monoisotopic (exact) mass is 340 g/mol. The number of carbonyl (C=O) groups excluding carboxylic acids is 1. The average molecular weight is 341 g/mol. The minimum absolute atomic E-state index is 0.153. The van der Waals surface area contributed by atoms with Crippen molar-refractivity contribution in [1.82, 2.24) is 0 Å². The normalized spacial score (nSPS) is 12.1. The van der Waals surface area contributed by atoms with Crippen LogP contribution in [0.5, 0.6) is 0 Å². The van der Waals surface area contributed by atoms with Crippen LogP contribution in [0, 0.1) is 5.82 Å². The summed E-state index contributed by atoms with van der Waals surface area (Å²) in [6.45, 7) is 0. The molecule has 2 nitrogen and oxygen atoms in total. The molecule has 0 fully saturated rings. The third-order valence-electron chi connectivity index (χ3n) is 2.47. The van der Waals surface area contributed by atoms with Crippen molar-refractivity contribution in [3.05, 3.63) is 64.4 Å². The summed E-state index contributed by atoms with van der Waals surface area (Å²) in [6, 6.07) is 12.4. The highest BCUT2D eigenvalue weighted by atomic mass is 79.9. The van der Waals surface area contributed by atoms with Crippen molar-refractivity contribution in [2.75, 3.05) is 5.75 Å². The zero-order chi connectivity index (χ0) is 13.8. The number of hydrogen-bond donors (Lipinski definition) is 0. The molecule has 0 saturated carbocycles. The van der Waals surface area contributed by atoms with Crippen LogP contribution in [0.25, 0.3) is 0 Å². The minimum Gasteiger partial charge on any atom is -0.293 e. The molecule has 0 heterocycles. The molecule has 0 radical (unpaired) electrons. The first-order valence-electron chi connectivity index (χ1n) is 5.49. The molecular weight excluding hydrogens is 331 g/mol. The minimum atomic E-state index is -1.43.